The Balaban J connectivity index is 1.69. The molecule has 0 aromatic heterocycles. The smallest absolute Gasteiger partial charge is 0.255 e. The van der Waals surface area contributed by atoms with E-state index in [9.17, 15) is 13.2 Å². The second-order valence-electron chi connectivity index (χ2n) is 7.02. The Morgan fingerprint density at radius 3 is 2.38 bits per heavy atom. The average Bonchev–Trinajstić information content (AvgIpc) is 2.76. The van der Waals surface area contributed by atoms with Crippen LogP contribution in [0.4, 0.5) is 11.4 Å². The van der Waals surface area contributed by atoms with Gasteiger partial charge >= 0.3 is 0 Å². The highest BCUT2D eigenvalue weighted by Crippen LogP contribution is 2.24. The van der Waals surface area contributed by atoms with Crippen molar-refractivity contribution in [3.63, 3.8) is 0 Å². The molecule has 3 aromatic rings. The fraction of sp³-hybridized carbons (Fsp3) is 0.125. The molecule has 6 nitrogen and oxygen atoms in total. The first-order chi connectivity index (χ1) is 15.3. The summed E-state index contributed by atoms with van der Waals surface area (Å²) in [4.78, 5) is 12.5. The van der Waals surface area contributed by atoms with Gasteiger partial charge in [-0.3, -0.25) is 9.10 Å². The van der Waals surface area contributed by atoms with Gasteiger partial charge in [-0.2, -0.15) is 0 Å². The monoisotopic (exact) mass is 470 g/mol. The molecule has 0 spiro atoms. The zero-order valence-electron chi connectivity index (χ0n) is 17.5. The Hall–Kier alpha value is -3.29. The number of hydrogen-bond donors (Lipinski definition) is 1. The molecule has 0 saturated carbocycles. The number of nitrogens with zero attached hydrogens (tertiary/aromatic N) is 1. The second kappa shape index (κ2) is 10.3. The summed E-state index contributed by atoms with van der Waals surface area (Å²) in [5.41, 5.74) is 2.29. The first-order valence-electron chi connectivity index (χ1n) is 9.73. The number of sulfonamides is 1. The van der Waals surface area contributed by atoms with Crippen molar-refractivity contribution in [2.45, 2.75) is 6.54 Å². The number of amides is 1. The second-order valence-corrected chi connectivity index (χ2v) is 9.37. The van der Waals surface area contributed by atoms with Crippen LogP contribution in [0, 0.1) is 0 Å². The van der Waals surface area contributed by atoms with E-state index in [1.807, 2.05) is 0 Å². The van der Waals surface area contributed by atoms with Crippen LogP contribution in [-0.4, -0.2) is 27.2 Å². The van der Waals surface area contributed by atoms with Crippen molar-refractivity contribution in [2.24, 2.45) is 0 Å². The molecule has 1 N–H and O–H groups in total. The van der Waals surface area contributed by atoms with E-state index in [1.165, 1.54) is 4.31 Å². The van der Waals surface area contributed by atoms with E-state index in [0.717, 1.165) is 11.8 Å². The molecule has 0 atom stereocenters. The van der Waals surface area contributed by atoms with Gasteiger partial charge in [0.15, 0.2) is 0 Å². The number of carbonyl (C=O) groups excluding carboxylic acids is 1. The van der Waals surface area contributed by atoms with Crippen LogP contribution >= 0.6 is 11.6 Å². The summed E-state index contributed by atoms with van der Waals surface area (Å²) in [6.07, 6.45) is 2.80. The third-order valence-corrected chi connectivity index (χ3v) is 5.89. The molecule has 32 heavy (non-hydrogen) atoms. The Bertz CT molecular complexity index is 1190. The summed E-state index contributed by atoms with van der Waals surface area (Å²) in [7, 11) is -3.53. The lowest BCUT2D eigenvalue weighted by molar-refractivity contribution is 0.102. The molecular weight excluding hydrogens is 448 g/mol. The number of halogens is 1. The van der Waals surface area contributed by atoms with Gasteiger partial charge < -0.3 is 10.1 Å². The topological polar surface area (TPSA) is 75.7 Å². The van der Waals surface area contributed by atoms with E-state index < -0.39 is 10.0 Å². The predicted molar refractivity (Wildman–Crippen MR) is 129 cm³/mol. The highest BCUT2D eigenvalue weighted by atomic mass is 35.5. The number of hydrogen-bond acceptors (Lipinski definition) is 4. The molecular formula is C24H23ClN2O4S. The van der Waals surface area contributed by atoms with Crippen molar-refractivity contribution in [1.82, 2.24) is 0 Å². The summed E-state index contributed by atoms with van der Waals surface area (Å²) in [6.45, 7) is 4.13. The van der Waals surface area contributed by atoms with Crippen molar-refractivity contribution in [1.29, 1.82) is 0 Å². The molecule has 3 rings (SSSR count). The molecule has 0 aliphatic carbocycles. The Labute approximate surface area is 193 Å². The van der Waals surface area contributed by atoms with Crippen LogP contribution < -0.4 is 14.4 Å². The van der Waals surface area contributed by atoms with Gasteiger partial charge in [0.1, 0.15) is 12.4 Å². The highest BCUT2D eigenvalue weighted by molar-refractivity contribution is 7.92. The van der Waals surface area contributed by atoms with E-state index in [4.69, 9.17) is 16.3 Å². The molecule has 0 unspecified atom stereocenters. The van der Waals surface area contributed by atoms with E-state index in [0.29, 0.717) is 34.3 Å². The molecule has 0 bridgehead atoms. The van der Waals surface area contributed by atoms with Crippen LogP contribution in [-0.2, 0) is 16.6 Å². The first-order valence-corrected chi connectivity index (χ1v) is 12.0. The predicted octanol–water partition coefficient (Wildman–Crippen LogP) is 5.12. The molecule has 0 fully saturated rings. The number of ether oxygens (including phenoxy) is 1. The molecule has 8 heteroatoms. The lowest BCUT2D eigenvalue weighted by Gasteiger charge is -2.22. The lowest BCUT2D eigenvalue weighted by Crippen LogP contribution is -2.29. The molecule has 0 radical (unpaired) electrons. The molecule has 0 aliphatic rings. The maximum absolute atomic E-state index is 12.5. The van der Waals surface area contributed by atoms with Crippen LogP contribution in [0.2, 0.25) is 5.02 Å². The lowest BCUT2D eigenvalue weighted by atomic mass is 10.1. The normalized spacial score (nSPS) is 10.9. The van der Waals surface area contributed by atoms with E-state index in [-0.39, 0.29) is 12.5 Å². The molecule has 1 amide bonds. The zero-order chi connectivity index (χ0) is 23.1. The number of nitrogens with one attached hydrogen (secondary N) is 1. The van der Waals surface area contributed by atoms with E-state index in [2.05, 4.69) is 11.9 Å². The standard InChI is InChI=1S/C24H23ClN2O4S/c1-3-15-31-23-13-11-21(12-14-23)26-24(28)19-9-7-18(8-10-19)17-27(32(2,29)30)22-6-4-5-20(25)16-22/h3-14,16H,1,15,17H2,2H3,(H,26,28). The minimum atomic E-state index is -3.53. The van der Waals surface area contributed by atoms with Crippen LogP contribution in [0.15, 0.2) is 85.5 Å². The van der Waals surface area contributed by atoms with Crippen molar-refractivity contribution in [3.8, 4) is 5.75 Å². The van der Waals surface area contributed by atoms with Gasteiger partial charge in [0.2, 0.25) is 10.0 Å². The maximum atomic E-state index is 12.5. The van der Waals surface area contributed by atoms with Gasteiger partial charge in [0.25, 0.3) is 5.91 Å². The van der Waals surface area contributed by atoms with Gasteiger partial charge in [-0.25, -0.2) is 8.42 Å². The van der Waals surface area contributed by atoms with E-state index in [1.54, 1.807) is 78.9 Å². The van der Waals surface area contributed by atoms with Crippen molar-refractivity contribution < 1.29 is 17.9 Å². The summed E-state index contributed by atoms with van der Waals surface area (Å²) in [5.74, 6) is 0.411. The molecule has 0 saturated heterocycles. The third-order valence-electron chi connectivity index (χ3n) is 4.52. The zero-order valence-corrected chi connectivity index (χ0v) is 19.1. The fourth-order valence-corrected chi connectivity index (χ4v) is 4.02. The van der Waals surface area contributed by atoms with Gasteiger partial charge in [-0.05, 0) is 60.2 Å². The maximum Gasteiger partial charge on any atom is 0.255 e. The molecule has 0 aliphatic heterocycles. The van der Waals surface area contributed by atoms with E-state index >= 15 is 0 Å². The summed E-state index contributed by atoms with van der Waals surface area (Å²) in [6, 6.07) is 20.4. The summed E-state index contributed by atoms with van der Waals surface area (Å²) in [5, 5.41) is 3.27. The Morgan fingerprint density at radius 1 is 1.09 bits per heavy atom. The molecule has 166 valence electrons. The van der Waals surface area contributed by atoms with Crippen LogP contribution in [0.25, 0.3) is 0 Å². The van der Waals surface area contributed by atoms with Crippen molar-refractivity contribution >= 4 is 38.9 Å². The minimum Gasteiger partial charge on any atom is -0.490 e. The van der Waals surface area contributed by atoms with Crippen LogP contribution in [0.3, 0.4) is 0 Å². The first kappa shape index (κ1) is 23.4. The summed E-state index contributed by atoms with van der Waals surface area (Å²) < 4.78 is 31.3. The minimum absolute atomic E-state index is 0.118. The summed E-state index contributed by atoms with van der Waals surface area (Å²) >= 11 is 6.02. The van der Waals surface area contributed by atoms with Crippen molar-refractivity contribution in [3.05, 3.63) is 102 Å². The molecule has 3 aromatic carbocycles. The average molecular weight is 471 g/mol. The Kier molecular flexibility index (Phi) is 7.56. The third kappa shape index (κ3) is 6.35. The van der Waals surface area contributed by atoms with Crippen LogP contribution in [0.1, 0.15) is 15.9 Å². The highest BCUT2D eigenvalue weighted by Gasteiger charge is 2.18. The van der Waals surface area contributed by atoms with Gasteiger partial charge in [0, 0.05) is 16.3 Å². The van der Waals surface area contributed by atoms with Gasteiger partial charge in [-0.15, -0.1) is 0 Å². The Morgan fingerprint density at radius 2 is 1.78 bits per heavy atom. The van der Waals surface area contributed by atoms with Gasteiger partial charge in [0.05, 0.1) is 18.5 Å². The van der Waals surface area contributed by atoms with Crippen LogP contribution in [0.5, 0.6) is 5.75 Å². The fourth-order valence-electron chi connectivity index (χ4n) is 2.95. The largest absolute Gasteiger partial charge is 0.490 e. The SMILES string of the molecule is C=CCOc1ccc(NC(=O)c2ccc(CN(c3cccc(Cl)c3)S(C)(=O)=O)cc2)cc1. The van der Waals surface area contributed by atoms with Crippen molar-refractivity contribution in [2.75, 3.05) is 22.5 Å². The number of benzene rings is 3. The number of anilines is 2. The number of rotatable bonds is 9. The molecule has 0 heterocycles. The van der Waals surface area contributed by atoms with Gasteiger partial charge in [-0.1, -0.05) is 42.5 Å². The quantitative estimate of drug-likeness (QED) is 0.440. The number of carbonyl (C=O) groups is 1.